The van der Waals surface area contributed by atoms with Crippen molar-refractivity contribution in [2.45, 2.75) is 32.9 Å². The third-order valence-corrected chi connectivity index (χ3v) is 3.25. The molecule has 6 heteroatoms. The lowest BCUT2D eigenvalue weighted by Gasteiger charge is -2.25. The van der Waals surface area contributed by atoms with Crippen molar-refractivity contribution >= 4 is 17.3 Å². The summed E-state index contributed by atoms with van der Waals surface area (Å²) >= 11 is 6.06. The zero-order valence-electron chi connectivity index (χ0n) is 11.0. The molecule has 0 fully saturated rings. The van der Waals surface area contributed by atoms with E-state index in [9.17, 15) is 10.1 Å². The lowest BCUT2D eigenvalue weighted by molar-refractivity contribution is -0.385. The summed E-state index contributed by atoms with van der Waals surface area (Å²) in [6.45, 7) is 4.91. The van der Waals surface area contributed by atoms with Gasteiger partial charge in [-0.05, 0) is 19.9 Å². The molecule has 0 atom stereocenters. The van der Waals surface area contributed by atoms with Crippen LogP contribution in [0.5, 0.6) is 0 Å². The van der Waals surface area contributed by atoms with Crippen LogP contribution >= 0.6 is 11.6 Å². The number of nitro groups is 1. The van der Waals surface area contributed by atoms with Crippen molar-refractivity contribution in [1.82, 2.24) is 4.90 Å². The first-order valence-corrected chi connectivity index (χ1v) is 6.38. The average Bonchev–Trinajstić information content (AvgIpc) is 2.35. The Morgan fingerprint density at radius 1 is 1.53 bits per heavy atom. The van der Waals surface area contributed by atoms with Gasteiger partial charge in [-0.2, -0.15) is 5.26 Å². The number of rotatable bonds is 6. The number of hydrogen-bond donors (Lipinski definition) is 0. The Hall–Kier alpha value is -1.64. The van der Waals surface area contributed by atoms with Gasteiger partial charge in [0.25, 0.3) is 5.69 Å². The summed E-state index contributed by atoms with van der Waals surface area (Å²) in [4.78, 5) is 12.6. The van der Waals surface area contributed by atoms with Gasteiger partial charge >= 0.3 is 0 Å². The highest BCUT2D eigenvalue weighted by atomic mass is 35.5. The average molecular weight is 282 g/mol. The summed E-state index contributed by atoms with van der Waals surface area (Å²) in [6.07, 6.45) is 0.385. The van der Waals surface area contributed by atoms with Gasteiger partial charge in [0.05, 0.1) is 21.6 Å². The molecule has 0 spiro atoms. The number of nitrogens with zero attached hydrogens (tertiary/aromatic N) is 3. The SMILES string of the molecule is CC(C)N(CCC#N)Cc1c(Cl)cccc1[N+](=O)[O-]. The van der Waals surface area contributed by atoms with E-state index in [0.29, 0.717) is 30.1 Å². The molecule has 0 aliphatic carbocycles. The van der Waals surface area contributed by atoms with Crippen molar-refractivity contribution in [3.05, 3.63) is 38.9 Å². The van der Waals surface area contributed by atoms with Gasteiger partial charge in [0.15, 0.2) is 0 Å². The third-order valence-electron chi connectivity index (χ3n) is 2.89. The summed E-state index contributed by atoms with van der Waals surface area (Å²) in [5.74, 6) is 0. The van der Waals surface area contributed by atoms with E-state index in [-0.39, 0.29) is 11.7 Å². The molecule has 0 bridgehead atoms. The second kappa shape index (κ2) is 7.07. The summed E-state index contributed by atoms with van der Waals surface area (Å²) in [6, 6.07) is 6.93. The molecule has 0 aliphatic rings. The molecule has 0 amide bonds. The van der Waals surface area contributed by atoms with Gasteiger partial charge in [0, 0.05) is 31.6 Å². The van der Waals surface area contributed by atoms with Gasteiger partial charge in [0.2, 0.25) is 0 Å². The van der Waals surface area contributed by atoms with Crippen molar-refractivity contribution in [3.63, 3.8) is 0 Å². The van der Waals surface area contributed by atoms with E-state index in [1.54, 1.807) is 12.1 Å². The Bertz CT molecular complexity index is 497. The molecule has 1 aromatic carbocycles. The van der Waals surface area contributed by atoms with Crippen molar-refractivity contribution in [2.24, 2.45) is 0 Å². The first kappa shape index (κ1) is 15.4. The molecule has 102 valence electrons. The lowest BCUT2D eigenvalue weighted by Crippen LogP contribution is -2.31. The Morgan fingerprint density at radius 3 is 2.74 bits per heavy atom. The minimum absolute atomic E-state index is 0.0232. The molecule has 0 radical (unpaired) electrons. The molecule has 5 nitrogen and oxygen atoms in total. The molecule has 0 aromatic heterocycles. The zero-order valence-corrected chi connectivity index (χ0v) is 11.7. The standard InChI is InChI=1S/C13H16ClN3O2/c1-10(2)16(8-4-7-15)9-11-12(14)5-3-6-13(11)17(18)19/h3,5-6,10H,4,8-9H2,1-2H3. The normalized spacial score (nSPS) is 10.7. The predicted octanol–water partition coefficient (Wildman–Crippen LogP) is 3.37. The van der Waals surface area contributed by atoms with E-state index >= 15 is 0 Å². The van der Waals surface area contributed by atoms with Crippen molar-refractivity contribution in [1.29, 1.82) is 5.26 Å². The number of nitro benzene ring substituents is 1. The third kappa shape index (κ3) is 4.19. The maximum absolute atomic E-state index is 11.0. The Balaban J connectivity index is 3.02. The van der Waals surface area contributed by atoms with Crippen LogP contribution in [0.4, 0.5) is 5.69 Å². The van der Waals surface area contributed by atoms with Crippen LogP contribution in [0.3, 0.4) is 0 Å². The number of benzene rings is 1. The quantitative estimate of drug-likeness (QED) is 0.592. The minimum atomic E-state index is -0.427. The Morgan fingerprint density at radius 2 is 2.21 bits per heavy atom. The van der Waals surface area contributed by atoms with Crippen molar-refractivity contribution < 1.29 is 4.92 Å². The highest BCUT2D eigenvalue weighted by Crippen LogP contribution is 2.28. The lowest BCUT2D eigenvalue weighted by atomic mass is 10.1. The highest BCUT2D eigenvalue weighted by Gasteiger charge is 2.20. The van der Waals surface area contributed by atoms with E-state index in [1.165, 1.54) is 6.07 Å². The summed E-state index contributed by atoms with van der Waals surface area (Å²) in [5, 5.41) is 20.1. The van der Waals surface area contributed by atoms with Gasteiger partial charge < -0.3 is 0 Å². The summed E-state index contributed by atoms with van der Waals surface area (Å²) < 4.78 is 0. The minimum Gasteiger partial charge on any atom is -0.295 e. The van der Waals surface area contributed by atoms with Crippen LogP contribution in [-0.4, -0.2) is 22.4 Å². The number of halogens is 1. The summed E-state index contributed by atoms with van der Waals surface area (Å²) in [5.41, 5.74) is 0.524. The molecule has 0 heterocycles. The second-order valence-corrected chi connectivity index (χ2v) is 4.87. The Labute approximate surface area is 117 Å². The molecule has 0 saturated carbocycles. The van der Waals surface area contributed by atoms with E-state index in [4.69, 9.17) is 16.9 Å². The van der Waals surface area contributed by atoms with Crippen LogP contribution in [0, 0.1) is 21.4 Å². The van der Waals surface area contributed by atoms with Crippen LogP contribution in [0.2, 0.25) is 5.02 Å². The molecule has 0 saturated heterocycles. The zero-order chi connectivity index (χ0) is 14.4. The van der Waals surface area contributed by atoms with Gasteiger partial charge in [-0.15, -0.1) is 0 Å². The molecule has 0 N–H and O–H groups in total. The van der Waals surface area contributed by atoms with Crippen molar-refractivity contribution in [3.8, 4) is 6.07 Å². The smallest absolute Gasteiger partial charge is 0.275 e. The molecule has 1 aromatic rings. The van der Waals surface area contributed by atoms with Crippen LogP contribution in [0.25, 0.3) is 0 Å². The second-order valence-electron chi connectivity index (χ2n) is 4.47. The topological polar surface area (TPSA) is 70.2 Å². The molecule has 19 heavy (non-hydrogen) atoms. The van der Waals surface area contributed by atoms with E-state index < -0.39 is 4.92 Å². The van der Waals surface area contributed by atoms with Gasteiger partial charge in [-0.25, -0.2) is 0 Å². The maximum atomic E-state index is 11.0. The summed E-state index contributed by atoms with van der Waals surface area (Å²) in [7, 11) is 0. The monoisotopic (exact) mass is 281 g/mol. The molecular formula is C13H16ClN3O2. The van der Waals surface area contributed by atoms with Gasteiger partial charge in [-0.3, -0.25) is 15.0 Å². The van der Waals surface area contributed by atoms with Crippen molar-refractivity contribution in [2.75, 3.05) is 6.54 Å². The first-order chi connectivity index (χ1) is 8.97. The van der Waals surface area contributed by atoms with E-state index in [1.807, 2.05) is 18.7 Å². The largest absolute Gasteiger partial charge is 0.295 e. The van der Waals surface area contributed by atoms with Gasteiger partial charge in [-0.1, -0.05) is 17.7 Å². The Kier molecular flexibility index (Phi) is 5.74. The molecule has 1 rings (SSSR count). The van der Waals surface area contributed by atoms with E-state index in [0.717, 1.165) is 0 Å². The molecule has 0 aliphatic heterocycles. The molecule has 0 unspecified atom stereocenters. The van der Waals surface area contributed by atoms with E-state index in [2.05, 4.69) is 6.07 Å². The predicted molar refractivity (Wildman–Crippen MR) is 73.9 cm³/mol. The first-order valence-electron chi connectivity index (χ1n) is 6.00. The number of hydrogen-bond acceptors (Lipinski definition) is 4. The fraction of sp³-hybridized carbons (Fsp3) is 0.462. The fourth-order valence-corrected chi connectivity index (χ4v) is 2.02. The number of nitriles is 1. The molecular weight excluding hydrogens is 266 g/mol. The van der Waals surface area contributed by atoms with Crippen LogP contribution in [-0.2, 0) is 6.54 Å². The maximum Gasteiger partial charge on any atom is 0.275 e. The van der Waals surface area contributed by atoms with Gasteiger partial charge in [0.1, 0.15) is 0 Å². The highest BCUT2D eigenvalue weighted by molar-refractivity contribution is 6.31. The van der Waals surface area contributed by atoms with Crippen LogP contribution in [0.15, 0.2) is 18.2 Å². The fourth-order valence-electron chi connectivity index (χ4n) is 1.79. The van der Waals surface area contributed by atoms with Crippen LogP contribution in [0.1, 0.15) is 25.8 Å². The van der Waals surface area contributed by atoms with Crippen LogP contribution < -0.4 is 0 Å².